The van der Waals surface area contributed by atoms with Crippen LogP contribution in [0.3, 0.4) is 0 Å². The highest BCUT2D eigenvalue weighted by atomic mass is 15.0. The van der Waals surface area contributed by atoms with E-state index in [0.717, 1.165) is 11.3 Å². The van der Waals surface area contributed by atoms with Crippen molar-refractivity contribution in [2.45, 2.75) is 27.7 Å². The van der Waals surface area contributed by atoms with Crippen molar-refractivity contribution in [1.82, 2.24) is 9.55 Å². The molecule has 5 rings (SSSR count). The number of aromatic nitrogens is 3. The topological polar surface area (TPSA) is 21.7 Å². The van der Waals surface area contributed by atoms with Crippen LogP contribution in [0.5, 0.6) is 0 Å². The van der Waals surface area contributed by atoms with Crippen molar-refractivity contribution in [2.24, 2.45) is 7.05 Å². The standard InChI is InChI=1S/C29H28N3/c1-19-16-20(2)28(21(3)17-19)32-26-12-7-6-10-24(26)22(4)29(32)27-18-23(13-15-31(27)5)25-11-8-9-14-30-25/h6-18H,1-5H3/q+1. The largest absolute Gasteiger partial charge is 0.303 e. The Morgan fingerprint density at radius 2 is 1.53 bits per heavy atom. The van der Waals surface area contributed by atoms with Gasteiger partial charge in [-0.2, -0.15) is 4.57 Å². The molecule has 5 aromatic rings. The molecule has 3 nitrogen and oxygen atoms in total. The number of fused-ring (bicyclic) bond motifs is 1. The molecule has 0 atom stereocenters. The molecule has 0 aliphatic carbocycles. The van der Waals surface area contributed by atoms with Crippen LogP contribution in [0.2, 0.25) is 0 Å². The summed E-state index contributed by atoms with van der Waals surface area (Å²) < 4.78 is 4.66. The zero-order valence-corrected chi connectivity index (χ0v) is 19.3. The Morgan fingerprint density at radius 1 is 0.812 bits per heavy atom. The van der Waals surface area contributed by atoms with E-state index in [9.17, 15) is 0 Å². The summed E-state index contributed by atoms with van der Waals surface area (Å²) >= 11 is 0. The van der Waals surface area contributed by atoms with Crippen molar-refractivity contribution in [2.75, 3.05) is 0 Å². The SMILES string of the molecule is Cc1cc(C)c(-n2c(-c3cc(-c4ccccn4)cc[n+]3C)c(C)c3ccccc32)c(C)c1. The Bertz CT molecular complexity index is 1440. The molecule has 2 aromatic carbocycles. The van der Waals surface area contributed by atoms with E-state index >= 15 is 0 Å². The molecule has 0 saturated heterocycles. The molecule has 3 heteroatoms. The van der Waals surface area contributed by atoms with Crippen molar-refractivity contribution in [3.63, 3.8) is 0 Å². The second-order valence-corrected chi connectivity index (χ2v) is 8.70. The van der Waals surface area contributed by atoms with Gasteiger partial charge >= 0.3 is 0 Å². The second kappa shape index (κ2) is 7.76. The molecule has 0 radical (unpaired) electrons. The van der Waals surface area contributed by atoms with Crippen LogP contribution >= 0.6 is 0 Å². The predicted octanol–water partition coefficient (Wildman–Crippen LogP) is 6.42. The van der Waals surface area contributed by atoms with Gasteiger partial charge < -0.3 is 4.57 Å². The summed E-state index contributed by atoms with van der Waals surface area (Å²) in [4.78, 5) is 4.58. The Kier molecular flexibility index (Phi) is 4.90. The fourth-order valence-electron chi connectivity index (χ4n) is 4.96. The van der Waals surface area contributed by atoms with Gasteiger partial charge in [0.15, 0.2) is 6.20 Å². The zero-order chi connectivity index (χ0) is 22.4. The van der Waals surface area contributed by atoms with Gasteiger partial charge in [-0.1, -0.05) is 42.0 Å². The molecule has 158 valence electrons. The first kappa shape index (κ1) is 20.2. The first-order valence-electron chi connectivity index (χ1n) is 11.1. The van der Waals surface area contributed by atoms with E-state index in [1.165, 1.54) is 50.2 Å². The minimum atomic E-state index is 0.984. The fourth-order valence-corrected chi connectivity index (χ4v) is 4.96. The molecular formula is C29H28N3+. The first-order valence-corrected chi connectivity index (χ1v) is 11.1. The quantitative estimate of drug-likeness (QED) is 0.310. The number of para-hydroxylation sites is 1. The minimum absolute atomic E-state index is 0.984. The normalized spacial score (nSPS) is 11.3. The van der Waals surface area contributed by atoms with Crippen LogP contribution in [-0.2, 0) is 7.05 Å². The molecule has 0 unspecified atom stereocenters. The van der Waals surface area contributed by atoms with E-state index in [-0.39, 0.29) is 0 Å². The molecule has 0 spiro atoms. The molecule has 0 fully saturated rings. The summed E-state index contributed by atoms with van der Waals surface area (Å²) in [7, 11) is 2.12. The summed E-state index contributed by atoms with van der Waals surface area (Å²) in [5.41, 5.74) is 12.1. The zero-order valence-electron chi connectivity index (χ0n) is 19.3. The van der Waals surface area contributed by atoms with E-state index in [1.54, 1.807) is 0 Å². The number of nitrogens with zero attached hydrogens (tertiary/aromatic N) is 3. The number of aryl methyl sites for hydroxylation is 5. The first-order chi connectivity index (χ1) is 15.5. The molecule has 0 bridgehead atoms. The fraction of sp³-hybridized carbons (Fsp3) is 0.172. The van der Waals surface area contributed by atoms with Crippen molar-refractivity contribution < 1.29 is 4.57 Å². The highest BCUT2D eigenvalue weighted by Gasteiger charge is 2.25. The molecule has 3 aromatic heterocycles. The number of hydrogen-bond acceptors (Lipinski definition) is 1. The predicted molar refractivity (Wildman–Crippen MR) is 132 cm³/mol. The molecule has 0 saturated carbocycles. The molecule has 0 N–H and O–H groups in total. The molecule has 0 aliphatic rings. The maximum Gasteiger partial charge on any atom is 0.230 e. The molecular weight excluding hydrogens is 390 g/mol. The summed E-state index contributed by atoms with van der Waals surface area (Å²) in [5.74, 6) is 0. The van der Waals surface area contributed by atoms with Crippen LogP contribution in [0.15, 0.2) is 79.1 Å². The maximum absolute atomic E-state index is 4.58. The highest BCUT2D eigenvalue weighted by Crippen LogP contribution is 2.37. The van der Waals surface area contributed by atoms with Gasteiger partial charge in [-0.15, -0.1) is 0 Å². The van der Waals surface area contributed by atoms with Crippen LogP contribution in [0.1, 0.15) is 22.3 Å². The van der Waals surface area contributed by atoms with Gasteiger partial charge in [0.25, 0.3) is 0 Å². The molecule has 0 amide bonds. The average Bonchev–Trinajstić information content (AvgIpc) is 3.06. The van der Waals surface area contributed by atoms with E-state index in [0.29, 0.717) is 0 Å². The lowest BCUT2D eigenvalue weighted by Crippen LogP contribution is -2.31. The number of rotatable bonds is 3. The van der Waals surface area contributed by atoms with Crippen LogP contribution in [-0.4, -0.2) is 9.55 Å². The van der Waals surface area contributed by atoms with Crippen LogP contribution < -0.4 is 4.57 Å². The third-order valence-electron chi connectivity index (χ3n) is 6.34. The molecule has 32 heavy (non-hydrogen) atoms. The Hall–Kier alpha value is -3.72. The van der Waals surface area contributed by atoms with Gasteiger partial charge in [0.05, 0.1) is 16.9 Å². The van der Waals surface area contributed by atoms with Crippen molar-refractivity contribution >= 4 is 10.9 Å². The lowest BCUT2D eigenvalue weighted by atomic mass is 10.0. The lowest BCUT2D eigenvalue weighted by molar-refractivity contribution is -0.660. The molecule has 3 heterocycles. The van der Waals surface area contributed by atoms with Crippen molar-refractivity contribution in [3.05, 3.63) is 101 Å². The minimum Gasteiger partial charge on any atom is -0.303 e. The lowest BCUT2D eigenvalue weighted by Gasteiger charge is -2.17. The number of pyridine rings is 2. The van der Waals surface area contributed by atoms with E-state index < -0.39 is 0 Å². The van der Waals surface area contributed by atoms with Crippen LogP contribution in [0.25, 0.3) is 39.2 Å². The van der Waals surface area contributed by atoms with Crippen LogP contribution in [0, 0.1) is 27.7 Å². The van der Waals surface area contributed by atoms with Crippen LogP contribution in [0.4, 0.5) is 0 Å². The highest BCUT2D eigenvalue weighted by molar-refractivity contribution is 5.93. The summed E-state index contributed by atoms with van der Waals surface area (Å²) in [5, 5.41) is 1.28. The Labute approximate surface area is 189 Å². The van der Waals surface area contributed by atoms with Gasteiger partial charge in [-0.05, 0) is 62.6 Å². The monoisotopic (exact) mass is 418 g/mol. The third-order valence-corrected chi connectivity index (χ3v) is 6.34. The van der Waals surface area contributed by atoms with E-state index in [1.807, 2.05) is 18.3 Å². The average molecular weight is 419 g/mol. The van der Waals surface area contributed by atoms with E-state index in [2.05, 4.69) is 110 Å². The van der Waals surface area contributed by atoms with Gasteiger partial charge in [-0.3, -0.25) is 4.98 Å². The van der Waals surface area contributed by atoms with Gasteiger partial charge in [-0.25, -0.2) is 0 Å². The molecule has 0 aliphatic heterocycles. The van der Waals surface area contributed by atoms with Crippen molar-refractivity contribution in [3.8, 4) is 28.3 Å². The number of benzene rings is 2. The van der Waals surface area contributed by atoms with Gasteiger partial charge in [0, 0.05) is 29.3 Å². The smallest absolute Gasteiger partial charge is 0.230 e. The Balaban J connectivity index is 1.88. The summed E-state index contributed by atoms with van der Waals surface area (Å²) in [6, 6.07) is 23.7. The van der Waals surface area contributed by atoms with E-state index in [4.69, 9.17) is 0 Å². The Morgan fingerprint density at radius 3 is 2.25 bits per heavy atom. The second-order valence-electron chi connectivity index (χ2n) is 8.70. The van der Waals surface area contributed by atoms with Crippen molar-refractivity contribution in [1.29, 1.82) is 0 Å². The number of hydrogen-bond donors (Lipinski definition) is 0. The maximum atomic E-state index is 4.58. The van der Waals surface area contributed by atoms with Gasteiger partial charge in [0.1, 0.15) is 12.7 Å². The van der Waals surface area contributed by atoms with Gasteiger partial charge in [0.2, 0.25) is 5.69 Å². The third kappa shape index (κ3) is 3.21. The summed E-state index contributed by atoms with van der Waals surface area (Å²) in [6.07, 6.45) is 3.99. The summed E-state index contributed by atoms with van der Waals surface area (Å²) in [6.45, 7) is 8.83.